The van der Waals surface area contributed by atoms with E-state index in [0.29, 0.717) is 0 Å². The van der Waals surface area contributed by atoms with Crippen molar-refractivity contribution in [1.82, 2.24) is 0 Å². The van der Waals surface area contributed by atoms with Gasteiger partial charge in [0, 0.05) is 4.47 Å². The third kappa shape index (κ3) is 3.68. The van der Waals surface area contributed by atoms with Crippen LogP contribution < -0.4 is 0 Å². The molecule has 2 aromatic carbocycles. The van der Waals surface area contributed by atoms with Gasteiger partial charge in [-0.3, -0.25) is 0 Å². The number of aliphatic hydroxyl groups is 1. The Hall–Kier alpha value is -1.60. The van der Waals surface area contributed by atoms with E-state index in [1.165, 1.54) is 0 Å². The molecule has 0 saturated heterocycles. The second-order valence-electron chi connectivity index (χ2n) is 4.27. The van der Waals surface area contributed by atoms with Gasteiger partial charge in [-0.05, 0) is 35.8 Å². The zero-order valence-electron chi connectivity index (χ0n) is 10.7. The Balaban J connectivity index is 2.25. The lowest BCUT2D eigenvalue weighted by atomic mass is 10.1. The summed E-state index contributed by atoms with van der Waals surface area (Å²) in [5.41, 5.74) is 6.10. The molecule has 0 aliphatic rings. The highest BCUT2D eigenvalue weighted by Gasteiger charge is 2.06. The van der Waals surface area contributed by atoms with Crippen molar-refractivity contribution in [1.29, 1.82) is 0 Å². The number of hydrogen-bond donors (Lipinski definition) is 1. The van der Waals surface area contributed by atoms with Crippen LogP contribution in [0.5, 0.6) is 0 Å². The van der Waals surface area contributed by atoms with Crippen LogP contribution in [0.2, 0.25) is 0 Å². The highest BCUT2D eigenvalue weighted by molar-refractivity contribution is 9.10. The van der Waals surface area contributed by atoms with Crippen LogP contribution in [0.15, 0.2) is 70.9 Å². The van der Waals surface area contributed by atoms with Crippen molar-refractivity contribution in [3.63, 3.8) is 0 Å². The summed E-state index contributed by atoms with van der Waals surface area (Å²) in [5.74, 6) is 0. The molecular formula is C17H15BrO. The molecule has 0 aliphatic heterocycles. The minimum atomic E-state index is -0.658. The smallest absolute Gasteiger partial charge is 0.106 e. The van der Waals surface area contributed by atoms with E-state index < -0.39 is 6.10 Å². The zero-order chi connectivity index (χ0) is 13.7. The van der Waals surface area contributed by atoms with E-state index in [-0.39, 0.29) is 0 Å². The molecule has 96 valence electrons. The van der Waals surface area contributed by atoms with Crippen LogP contribution in [0.1, 0.15) is 24.2 Å². The van der Waals surface area contributed by atoms with Gasteiger partial charge in [0.15, 0.2) is 0 Å². The van der Waals surface area contributed by atoms with Crippen LogP contribution in [0.3, 0.4) is 0 Å². The molecule has 0 spiro atoms. The van der Waals surface area contributed by atoms with Crippen LogP contribution in [-0.2, 0) is 0 Å². The normalized spacial score (nSPS) is 11.5. The van der Waals surface area contributed by atoms with Gasteiger partial charge in [0.1, 0.15) is 6.10 Å². The summed E-state index contributed by atoms with van der Waals surface area (Å²) in [5, 5.41) is 10.1. The second kappa shape index (κ2) is 6.53. The van der Waals surface area contributed by atoms with Crippen molar-refractivity contribution >= 4 is 21.5 Å². The van der Waals surface area contributed by atoms with Gasteiger partial charge >= 0.3 is 0 Å². The maximum Gasteiger partial charge on any atom is 0.106 e. The number of benzene rings is 2. The van der Waals surface area contributed by atoms with E-state index in [1.54, 1.807) is 6.08 Å². The van der Waals surface area contributed by atoms with Crippen molar-refractivity contribution in [3.05, 3.63) is 82.0 Å². The monoisotopic (exact) mass is 314 g/mol. The van der Waals surface area contributed by atoms with E-state index in [9.17, 15) is 5.11 Å². The van der Waals surface area contributed by atoms with E-state index >= 15 is 0 Å². The summed E-state index contributed by atoms with van der Waals surface area (Å²) in [6.45, 7) is 1.98. The standard InChI is InChI=1S/C17H15BrO/c1-13(14-7-3-2-4-8-14)11-12-17(19)15-9-5-6-10-16(15)18/h2-10,12,17,19H,1H3. The molecule has 0 amide bonds. The molecule has 0 saturated carbocycles. The molecule has 2 aromatic rings. The lowest BCUT2D eigenvalue weighted by Gasteiger charge is -2.07. The zero-order valence-corrected chi connectivity index (χ0v) is 12.3. The topological polar surface area (TPSA) is 20.2 Å². The van der Waals surface area contributed by atoms with E-state index in [0.717, 1.165) is 21.2 Å². The third-order valence-corrected chi connectivity index (χ3v) is 3.61. The van der Waals surface area contributed by atoms with E-state index in [4.69, 9.17) is 0 Å². The van der Waals surface area contributed by atoms with Crippen LogP contribution >= 0.6 is 15.9 Å². The first-order chi connectivity index (χ1) is 9.18. The molecule has 0 bridgehead atoms. The maximum atomic E-state index is 10.1. The molecule has 1 N–H and O–H groups in total. The Kier molecular flexibility index (Phi) is 4.75. The van der Waals surface area contributed by atoms with Crippen LogP contribution in [0, 0.1) is 0 Å². The number of halogens is 1. The Morgan fingerprint density at radius 3 is 2.42 bits per heavy atom. The van der Waals surface area contributed by atoms with Gasteiger partial charge in [-0.2, -0.15) is 0 Å². The fourth-order valence-electron chi connectivity index (χ4n) is 1.78. The lowest BCUT2D eigenvalue weighted by Crippen LogP contribution is -1.93. The minimum Gasteiger partial charge on any atom is -0.384 e. The fourth-order valence-corrected chi connectivity index (χ4v) is 2.30. The average Bonchev–Trinajstić information content (AvgIpc) is 2.46. The van der Waals surface area contributed by atoms with Crippen molar-refractivity contribution < 1.29 is 5.11 Å². The van der Waals surface area contributed by atoms with Crippen LogP contribution in [0.4, 0.5) is 0 Å². The first kappa shape index (κ1) is 13.8. The molecule has 0 aromatic heterocycles. The van der Waals surface area contributed by atoms with Crippen molar-refractivity contribution in [2.75, 3.05) is 0 Å². The molecule has 1 atom stereocenters. The Morgan fingerprint density at radius 2 is 1.74 bits per heavy atom. The summed E-state index contributed by atoms with van der Waals surface area (Å²) < 4.78 is 0.901. The van der Waals surface area contributed by atoms with Gasteiger partial charge in [0.25, 0.3) is 0 Å². The predicted molar refractivity (Wildman–Crippen MR) is 82.7 cm³/mol. The van der Waals surface area contributed by atoms with Gasteiger partial charge < -0.3 is 5.11 Å². The van der Waals surface area contributed by atoms with E-state index in [1.807, 2.05) is 61.5 Å². The number of aliphatic hydroxyl groups excluding tert-OH is 1. The molecule has 0 heterocycles. The first-order valence-electron chi connectivity index (χ1n) is 6.10. The third-order valence-electron chi connectivity index (χ3n) is 2.89. The Labute approximate surface area is 122 Å². The lowest BCUT2D eigenvalue weighted by molar-refractivity contribution is 0.228. The second-order valence-corrected chi connectivity index (χ2v) is 5.12. The van der Waals surface area contributed by atoms with Gasteiger partial charge in [-0.1, -0.05) is 64.5 Å². The molecule has 1 unspecified atom stereocenters. The Bertz CT molecular complexity index is 610. The van der Waals surface area contributed by atoms with Gasteiger partial charge in [0.2, 0.25) is 0 Å². The molecule has 1 nitrogen and oxygen atoms in total. The molecule has 2 rings (SSSR count). The van der Waals surface area contributed by atoms with Crippen LogP contribution in [0.25, 0.3) is 5.57 Å². The predicted octanol–water partition coefficient (Wildman–Crippen LogP) is 4.74. The fraction of sp³-hybridized carbons (Fsp3) is 0.118. The van der Waals surface area contributed by atoms with Crippen molar-refractivity contribution in [2.24, 2.45) is 0 Å². The summed E-state index contributed by atoms with van der Waals surface area (Å²) in [6.07, 6.45) is 1.02. The summed E-state index contributed by atoms with van der Waals surface area (Å²) >= 11 is 3.43. The SMILES string of the molecule is CC(=C=CC(O)c1ccccc1Br)c1ccccc1. The molecule has 0 aliphatic carbocycles. The first-order valence-corrected chi connectivity index (χ1v) is 6.89. The molecule has 19 heavy (non-hydrogen) atoms. The highest BCUT2D eigenvalue weighted by atomic mass is 79.9. The quantitative estimate of drug-likeness (QED) is 0.811. The highest BCUT2D eigenvalue weighted by Crippen LogP contribution is 2.24. The van der Waals surface area contributed by atoms with Crippen molar-refractivity contribution in [3.8, 4) is 0 Å². The molecule has 2 heteroatoms. The minimum absolute atomic E-state index is 0.658. The molecular weight excluding hydrogens is 300 g/mol. The van der Waals surface area contributed by atoms with E-state index in [2.05, 4.69) is 21.7 Å². The Morgan fingerprint density at radius 1 is 1.11 bits per heavy atom. The number of hydrogen-bond acceptors (Lipinski definition) is 1. The van der Waals surface area contributed by atoms with Gasteiger partial charge in [-0.15, -0.1) is 5.73 Å². The summed E-state index contributed by atoms with van der Waals surface area (Å²) in [7, 11) is 0. The summed E-state index contributed by atoms with van der Waals surface area (Å²) in [6, 6.07) is 17.7. The average molecular weight is 315 g/mol. The number of rotatable bonds is 3. The van der Waals surface area contributed by atoms with Gasteiger partial charge in [0.05, 0.1) is 0 Å². The summed E-state index contributed by atoms with van der Waals surface area (Å²) in [4.78, 5) is 0. The van der Waals surface area contributed by atoms with Crippen molar-refractivity contribution in [2.45, 2.75) is 13.0 Å². The molecule has 0 radical (unpaired) electrons. The van der Waals surface area contributed by atoms with Gasteiger partial charge in [-0.25, -0.2) is 0 Å². The largest absolute Gasteiger partial charge is 0.384 e. The maximum absolute atomic E-state index is 10.1. The van der Waals surface area contributed by atoms with Crippen LogP contribution in [-0.4, -0.2) is 5.11 Å². The molecule has 0 fully saturated rings.